The zero-order valence-corrected chi connectivity index (χ0v) is 11.8. The van der Waals surface area contributed by atoms with Crippen LogP contribution in [0.2, 0.25) is 0 Å². The van der Waals surface area contributed by atoms with Crippen molar-refractivity contribution in [2.45, 2.75) is 23.6 Å². The summed E-state index contributed by atoms with van der Waals surface area (Å²) in [4.78, 5) is 13.4. The largest absolute Gasteiger partial charge is 0.398 e. The van der Waals surface area contributed by atoms with Crippen molar-refractivity contribution >= 4 is 23.4 Å². The summed E-state index contributed by atoms with van der Waals surface area (Å²) >= 11 is 1.61. The molecular weight excluding hydrogens is 256 g/mol. The Kier molecular flexibility index (Phi) is 3.81. The third kappa shape index (κ3) is 3.09. The number of anilines is 1. The molecule has 0 aliphatic rings. The predicted octanol–water partition coefficient (Wildman–Crippen LogP) is 3.14. The van der Waals surface area contributed by atoms with Gasteiger partial charge in [-0.1, -0.05) is 23.9 Å². The van der Waals surface area contributed by atoms with E-state index in [9.17, 15) is 4.79 Å². The third-order valence-corrected chi connectivity index (χ3v) is 4.01. The first-order chi connectivity index (χ1) is 8.97. The van der Waals surface area contributed by atoms with Crippen LogP contribution in [0, 0.1) is 13.8 Å². The third-order valence-electron chi connectivity index (χ3n) is 2.86. The van der Waals surface area contributed by atoms with E-state index < -0.39 is 5.91 Å². The maximum atomic E-state index is 11.3. The molecule has 0 saturated heterocycles. The van der Waals surface area contributed by atoms with Gasteiger partial charge < -0.3 is 11.5 Å². The summed E-state index contributed by atoms with van der Waals surface area (Å²) in [6.45, 7) is 4.12. The van der Waals surface area contributed by atoms with Gasteiger partial charge in [0.15, 0.2) is 0 Å². The van der Waals surface area contributed by atoms with Crippen LogP contribution in [0.4, 0.5) is 5.69 Å². The fourth-order valence-electron chi connectivity index (χ4n) is 1.76. The second-order valence-corrected chi connectivity index (χ2v) is 5.60. The second-order valence-electron chi connectivity index (χ2n) is 4.48. The van der Waals surface area contributed by atoms with Gasteiger partial charge in [-0.25, -0.2) is 0 Å². The molecule has 1 amide bonds. The summed E-state index contributed by atoms with van der Waals surface area (Å²) in [6.07, 6.45) is 0. The van der Waals surface area contributed by atoms with Crippen LogP contribution in [0.15, 0.2) is 46.2 Å². The Bertz CT molecular complexity index is 638. The van der Waals surface area contributed by atoms with E-state index in [1.54, 1.807) is 23.9 Å². The van der Waals surface area contributed by atoms with Crippen molar-refractivity contribution in [3.63, 3.8) is 0 Å². The number of nitrogen functional groups attached to an aromatic ring is 1. The Morgan fingerprint density at radius 1 is 1.11 bits per heavy atom. The number of nitrogens with two attached hydrogens (primary N) is 2. The van der Waals surface area contributed by atoms with Crippen LogP contribution in [0.1, 0.15) is 21.5 Å². The maximum Gasteiger partial charge on any atom is 0.250 e. The van der Waals surface area contributed by atoms with E-state index in [0.29, 0.717) is 11.3 Å². The van der Waals surface area contributed by atoms with Crippen molar-refractivity contribution in [2.75, 3.05) is 5.73 Å². The lowest BCUT2D eigenvalue weighted by molar-refractivity contribution is 0.100. The number of carbonyl (C=O) groups excluding carboxylic acids is 1. The van der Waals surface area contributed by atoms with E-state index in [1.807, 2.05) is 6.07 Å². The molecule has 19 heavy (non-hydrogen) atoms. The van der Waals surface area contributed by atoms with Crippen LogP contribution >= 0.6 is 11.8 Å². The van der Waals surface area contributed by atoms with Crippen LogP contribution in [-0.2, 0) is 0 Å². The van der Waals surface area contributed by atoms with E-state index in [2.05, 4.69) is 32.0 Å². The van der Waals surface area contributed by atoms with Crippen molar-refractivity contribution in [3.05, 3.63) is 53.1 Å². The van der Waals surface area contributed by atoms with Gasteiger partial charge >= 0.3 is 0 Å². The van der Waals surface area contributed by atoms with Crippen molar-refractivity contribution in [2.24, 2.45) is 5.73 Å². The molecule has 0 aliphatic heterocycles. The lowest BCUT2D eigenvalue weighted by atomic mass is 10.2. The van der Waals surface area contributed by atoms with Crippen LogP contribution < -0.4 is 11.5 Å². The minimum Gasteiger partial charge on any atom is -0.398 e. The van der Waals surface area contributed by atoms with E-state index >= 15 is 0 Å². The molecule has 0 aromatic heterocycles. The smallest absolute Gasteiger partial charge is 0.250 e. The van der Waals surface area contributed by atoms with Gasteiger partial charge in [0.05, 0.1) is 5.56 Å². The van der Waals surface area contributed by atoms with E-state index in [0.717, 1.165) is 4.90 Å². The highest BCUT2D eigenvalue weighted by Crippen LogP contribution is 2.32. The summed E-state index contributed by atoms with van der Waals surface area (Å²) in [5, 5.41) is 0. The molecule has 0 atom stereocenters. The Morgan fingerprint density at radius 3 is 2.53 bits per heavy atom. The Hall–Kier alpha value is -1.94. The van der Waals surface area contributed by atoms with E-state index in [-0.39, 0.29) is 0 Å². The fourth-order valence-corrected chi connectivity index (χ4v) is 2.80. The molecule has 0 bridgehead atoms. The molecule has 0 spiro atoms. The van der Waals surface area contributed by atoms with Gasteiger partial charge in [-0.05, 0) is 49.2 Å². The zero-order chi connectivity index (χ0) is 14.0. The number of primary amides is 1. The highest BCUT2D eigenvalue weighted by atomic mass is 32.2. The van der Waals surface area contributed by atoms with Crippen LogP contribution in [0.3, 0.4) is 0 Å². The molecule has 2 rings (SSSR count). The summed E-state index contributed by atoms with van der Waals surface area (Å²) in [5.41, 5.74) is 14.2. The van der Waals surface area contributed by atoms with Gasteiger partial charge in [-0.3, -0.25) is 4.79 Å². The van der Waals surface area contributed by atoms with Crippen LogP contribution in [-0.4, -0.2) is 5.91 Å². The average Bonchev–Trinajstić information content (AvgIpc) is 2.36. The van der Waals surface area contributed by atoms with Gasteiger partial charge in [0.1, 0.15) is 0 Å². The number of hydrogen-bond acceptors (Lipinski definition) is 3. The number of benzene rings is 2. The monoisotopic (exact) mass is 272 g/mol. The minimum absolute atomic E-state index is 0.371. The standard InChI is InChI=1S/C15H16N2OS/c1-9-3-4-10(2)14(7-9)19-11-5-6-13(16)12(8-11)15(17)18/h3-8H,16H2,1-2H3,(H2,17,18). The summed E-state index contributed by atoms with van der Waals surface area (Å²) in [5.74, 6) is -0.499. The minimum atomic E-state index is -0.499. The highest BCUT2D eigenvalue weighted by molar-refractivity contribution is 7.99. The van der Waals surface area contributed by atoms with E-state index in [4.69, 9.17) is 11.5 Å². The zero-order valence-electron chi connectivity index (χ0n) is 10.9. The first kappa shape index (κ1) is 13.5. The highest BCUT2D eigenvalue weighted by Gasteiger charge is 2.08. The van der Waals surface area contributed by atoms with Gasteiger partial charge in [-0.2, -0.15) is 0 Å². The molecule has 98 valence electrons. The van der Waals surface area contributed by atoms with Crippen molar-refractivity contribution in [1.82, 2.24) is 0 Å². The normalized spacial score (nSPS) is 10.4. The summed E-state index contributed by atoms with van der Waals surface area (Å²) < 4.78 is 0. The van der Waals surface area contributed by atoms with Crippen molar-refractivity contribution < 1.29 is 4.79 Å². The van der Waals surface area contributed by atoms with Gasteiger partial charge in [0.25, 0.3) is 5.91 Å². The van der Waals surface area contributed by atoms with Crippen LogP contribution in [0.25, 0.3) is 0 Å². The summed E-state index contributed by atoms with van der Waals surface area (Å²) in [7, 11) is 0. The second kappa shape index (κ2) is 5.36. The Labute approximate surface area is 117 Å². The van der Waals surface area contributed by atoms with Gasteiger partial charge in [-0.15, -0.1) is 0 Å². The molecule has 4 heteroatoms. The Morgan fingerprint density at radius 2 is 1.84 bits per heavy atom. The molecule has 0 aliphatic carbocycles. The quantitative estimate of drug-likeness (QED) is 0.843. The number of amides is 1. The molecule has 2 aromatic rings. The maximum absolute atomic E-state index is 11.3. The molecule has 0 saturated carbocycles. The summed E-state index contributed by atoms with van der Waals surface area (Å²) in [6, 6.07) is 11.6. The fraction of sp³-hybridized carbons (Fsp3) is 0.133. The number of rotatable bonds is 3. The van der Waals surface area contributed by atoms with Crippen molar-refractivity contribution in [3.8, 4) is 0 Å². The molecule has 0 fully saturated rings. The number of aryl methyl sites for hydroxylation is 2. The lowest BCUT2D eigenvalue weighted by Gasteiger charge is -2.09. The van der Waals surface area contributed by atoms with Gasteiger partial charge in [0.2, 0.25) is 0 Å². The predicted molar refractivity (Wildman–Crippen MR) is 79.4 cm³/mol. The molecule has 0 heterocycles. The number of carbonyl (C=O) groups is 1. The molecule has 0 unspecified atom stereocenters. The molecular formula is C15H16N2OS. The molecule has 3 nitrogen and oxygen atoms in total. The first-order valence-electron chi connectivity index (χ1n) is 5.92. The molecule has 2 aromatic carbocycles. The van der Waals surface area contributed by atoms with E-state index in [1.165, 1.54) is 16.0 Å². The Balaban J connectivity index is 2.36. The van der Waals surface area contributed by atoms with Crippen molar-refractivity contribution in [1.29, 1.82) is 0 Å². The first-order valence-corrected chi connectivity index (χ1v) is 6.73. The SMILES string of the molecule is Cc1ccc(C)c(Sc2ccc(N)c(C(N)=O)c2)c1. The van der Waals surface area contributed by atoms with Gasteiger partial charge in [0, 0.05) is 15.5 Å². The average molecular weight is 272 g/mol. The topological polar surface area (TPSA) is 69.1 Å². The molecule has 0 radical (unpaired) electrons. The number of hydrogen-bond donors (Lipinski definition) is 2. The molecule has 4 N–H and O–H groups in total. The lowest BCUT2D eigenvalue weighted by Crippen LogP contribution is -2.13. The van der Waals surface area contributed by atoms with Crippen LogP contribution in [0.5, 0.6) is 0 Å².